The summed E-state index contributed by atoms with van der Waals surface area (Å²) in [6.45, 7) is 0.474. The van der Waals surface area contributed by atoms with Gasteiger partial charge in [-0.3, -0.25) is 0 Å². The van der Waals surface area contributed by atoms with E-state index >= 15 is 0 Å². The van der Waals surface area contributed by atoms with Gasteiger partial charge in [-0.1, -0.05) is 0 Å². The van der Waals surface area contributed by atoms with Crippen LogP contribution in [-0.2, 0) is 12.6 Å². The number of aromatic nitrogens is 4. The van der Waals surface area contributed by atoms with Crippen molar-refractivity contribution in [2.24, 2.45) is 0 Å². The highest BCUT2D eigenvalue weighted by molar-refractivity contribution is 5.25. The molecule has 8 heteroatoms. The van der Waals surface area contributed by atoms with E-state index in [0.717, 1.165) is 18.1 Å². The second-order valence-electron chi connectivity index (χ2n) is 3.83. The molecule has 2 N–H and O–H groups in total. The van der Waals surface area contributed by atoms with Gasteiger partial charge in [-0.15, -0.1) is 0 Å². The van der Waals surface area contributed by atoms with Crippen molar-refractivity contribution in [3.63, 3.8) is 0 Å². The van der Waals surface area contributed by atoms with Gasteiger partial charge in [0, 0.05) is 31.6 Å². The minimum absolute atomic E-state index is 0.0192. The molecule has 2 heterocycles. The fraction of sp³-hybridized carbons (Fsp3) is 0.364. The summed E-state index contributed by atoms with van der Waals surface area (Å²) >= 11 is 0. The van der Waals surface area contributed by atoms with Crippen molar-refractivity contribution < 1.29 is 13.2 Å². The molecule has 0 saturated heterocycles. The zero-order valence-corrected chi connectivity index (χ0v) is 9.91. The Bertz CT molecular complexity index is 509. The molecule has 0 atom stereocenters. The van der Waals surface area contributed by atoms with Crippen molar-refractivity contribution in [3.05, 3.63) is 36.2 Å². The molecule has 5 nitrogen and oxygen atoms in total. The predicted octanol–water partition coefficient (Wildman–Crippen LogP) is 2.26. The molecule has 19 heavy (non-hydrogen) atoms. The third-order valence-corrected chi connectivity index (χ3v) is 2.37. The van der Waals surface area contributed by atoms with Crippen molar-refractivity contribution >= 4 is 5.95 Å². The summed E-state index contributed by atoms with van der Waals surface area (Å²) in [6.07, 6.45) is 1.43. The maximum absolute atomic E-state index is 12.4. The standard InChI is InChI=1S/C11H12F3N5/c12-11(13,14)8-3-5-18-10(19-8)17-4-1-2-9-15-6-7-16-9/h3,5-7H,1-2,4H2,(H,15,16)(H,17,18,19). The Hall–Kier alpha value is -2.12. The molecule has 0 fully saturated rings. The first-order valence-corrected chi connectivity index (χ1v) is 5.68. The highest BCUT2D eigenvalue weighted by Gasteiger charge is 2.32. The smallest absolute Gasteiger partial charge is 0.354 e. The van der Waals surface area contributed by atoms with Gasteiger partial charge in [-0.25, -0.2) is 15.0 Å². The van der Waals surface area contributed by atoms with Crippen LogP contribution in [0.1, 0.15) is 17.9 Å². The van der Waals surface area contributed by atoms with Crippen LogP contribution < -0.4 is 5.32 Å². The number of H-pyrrole nitrogens is 1. The van der Waals surface area contributed by atoms with Crippen LogP contribution in [0, 0.1) is 0 Å². The van der Waals surface area contributed by atoms with Crippen LogP contribution in [0.15, 0.2) is 24.7 Å². The Morgan fingerprint density at radius 3 is 2.74 bits per heavy atom. The number of nitrogens with zero attached hydrogens (tertiary/aromatic N) is 3. The maximum Gasteiger partial charge on any atom is 0.433 e. The first-order valence-electron chi connectivity index (χ1n) is 5.68. The number of rotatable bonds is 5. The molecule has 2 aromatic heterocycles. The van der Waals surface area contributed by atoms with Crippen LogP contribution in [-0.4, -0.2) is 26.5 Å². The van der Waals surface area contributed by atoms with E-state index < -0.39 is 11.9 Å². The van der Waals surface area contributed by atoms with Crippen LogP contribution in [0.2, 0.25) is 0 Å². The Labute approximate surface area is 107 Å². The Kier molecular flexibility index (Phi) is 3.98. The summed E-state index contributed by atoms with van der Waals surface area (Å²) in [5.74, 6) is 0.820. The average molecular weight is 271 g/mol. The Balaban J connectivity index is 1.83. The zero-order chi connectivity index (χ0) is 13.7. The molecule has 0 spiro atoms. The Morgan fingerprint density at radius 2 is 2.05 bits per heavy atom. The van der Waals surface area contributed by atoms with Gasteiger partial charge in [-0.05, 0) is 12.5 Å². The van der Waals surface area contributed by atoms with E-state index in [1.54, 1.807) is 12.4 Å². The number of alkyl halides is 3. The molecule has 2 aromatic rings. The van der Waals surface area contributed by atoms with E-state index in [2.05, 4.69) is 25.3 Å². The number of halogens is 3. The third kappa shape index (κ3) is 3.94. The van der Waals surface area contributed by atoms with E-state index in [1.807, 2.05) is 0 Å². The molecule has 0 aliphatic rings. The van der Waals surface area contributed by atoms with Crippen molar-refractivity contribution in [3.8, 4) is 0 Å². The van der Waals surface area contributed by atoms with E-state index in [9.17, 15) is 13.2 Å². The maximum atomic E-state index is 12.4. The SMILES string of the molecule is FC(F)(F)c1ccnc(NCCCc2ncc[nH]2)n1. The lowest BCUT2D eigenvalue weighted by atomic mass is 10.3. The van der Waals surface area contributed by atoms with Gasteiger partial charge in [0.15, 0.2) is 0 Å². The van der Waals surface area contributed by atoms with Crippen molar-refractivity contribution in [1.82, 2.24) is 19.9 Å². The predicted molar refractivity (Wildman–Crippen MR) is 62.4 cm³/mol. The molecule has 0 aromatic carbocycles. The number of hydrogen-bond acceptors (Lipinski definition) is 4. The van der Waals surface area contributed by atoms with Crippen LogP contribution in [0.5, 0.6) is 0 Å². The van der Waals surface area contributed by atoms with Gasteiger partial charge in [0.2, 0.25) is 5.95 Å². The largest absolute Gasteiger partial charge is 0.433 e. The van der Waals surface area contributed by atoms with Crippen molar-refractivity contribution in [1.29, 1.82) is 0 Å². The number of aryl methyl sites for hydroxylation is 1. The summed E-state index contributed by atoms with van der Waals surface area (Å²) in [5.41, 5.74) is -0.948. The molecule has 0 bridgehead atoms. The summed E-state index contributed by atoms with van der Waals surface area (Å²) in [7, 11) is 0. The fourth-order valence-electron chi connectivity index (χ4n) is 1.49. The molecular weight excluding hydrogens is 259 g/mol. The molecule has 0 aliphatic carbocycles. The van der Waals surface area contributed by atoms with Gasteiger partial charge in [-0.2, -0.15) is 13.2 Å². The zero-order valence-electron chi connectivity index (χ0n) is 9.91. The molecule has 0 unspecified atom stereocenters. The Morgan fingerprint density at radius 1 is 1.21 bits per heavy atom. The summed E-state index contributed by atoms with van der Waals surface area (Å²) < 4.78 is 37.2. The van der Waals surface area contributed by atoms with Crippen LogP contribution in [0.4, 0.5) is 19.1 Å². The second-order valence-corrected chi connectivity index (χ2v) is 3.83. The summed E-state index contributed by atoms with van der Waals surface area (Å²) in [5, 5.41) is 2.76. The lowest BCUT2D eigenvalue weighted by Gasteiger charge is -2.08. The van der Waals surface area contributed by atoms with Gasteiger partial charge in [0.1, 0.15) is 11.5 Å². The quantitative estimate of drug-likeness (QED) is 0.819. The van der Waals surface area contributed by atoms with Crippen molar-refractivity contribution in [2.45, 2.75) is 19.0 Å². The van der Waals surface area contributed by atoms with E-state index in [4.69, 9.17) is 0 Å². The average Bonchev–Trinajstić information content (AvgIpc) is 2.87. The number of anilines is 1. The van der Waals surface area contributed by atoms with Gasteiger partial charge >= 0.3 is 6.18 Å². The normalized spacial score (nSPS) is 11.5. The summed E-state index contributed by atoms with van der Waals surface area (Å²) in [6, 6.07) is 0.841. The molecule has 0 radical (unpaired) electrons. The van der Waals surface area contributed by atoms with E-state index in [0.29, 0.717) is 19.4 Å². The lowest BCUT2D eigenvalue weighted by Crippen LogP contribution is -2.12. The molecule has 102 valence electrons. The van der Waals surface area contributed by atoms with E-state index in [1.165, 1.54) is 0 Å². The van der Waals surface area contributed by atoms with E-state index in [-0.39, 0.29) is 5.95 Å². The van der Waals surface area contributed by atoms with Crippen LogP contribution >= 0.6 is 0 Å². The van der Waals surface area contributed by atoms with Gasteiger partial charge in [0.05, 0.1) is 0 Å². The highest BCUT2D eigenvalue weighted by Crippen LogP contribution is 2.27. The highest BCUT2D eigenvalue weighted by atomic mass is 19.4. The fourth-order valence-corrected chi connectivity index (χ4v) is 1.49. The number of imidazole rings is 1. The minimum Gasteiger partial charge on any atom is -0.354 e. The number of hydrogen-bond donors (Lipinski definition) is 2. The molecule has 0 amide bonds. The second kappa shape index (κ2) is 5.68. The number of aromatic amines is 1. The topological polar surface area (TPSA) is 66.5 Å². The summed E-state index contributed by atoms with van der Waals surface area (Å²) in [4.78, 5) is 14.1. The first kappa shape index (κ1) is 13.3. The molecule has 0 aliphatic heterocycles. The van der Waals surface area contributed by atoms with Gasteiger partial charge in [0.25, 0.3) is 0 Å². The monoisotopic (exact) mass is 271 g/mol. The lowest BCUT2D eigenvalue weighted by molar-refractivity contribution is -0.141. The number of nitrogens with one attached hydrogen (secondary N) is 2. The minimum atomic E-state index is -4.45. The molecular formula is C11H12F3N5. The molecule has 0 saturated carbocycles. The van der Waals surface area contributed by atoms with Crippen LogP contribution in [0.3, 0.4) is 0 Å². The van der Waals surface area contributed by atoms with Gasteiger partial charge < -0.3 is 10.3 Å². The van der Waals surface area contributed by atoms with Crippen LogP contribution in [0.25, 0.3) is 0 Å². The van der Waals surface area contributed by atoms with Crippen molar-refractivity contribution in [2.75, 3.05) is 11.9 Å². The first-order chi connectivity index (χ1) is 9.05. The third-order valence-electron chi connectivity index (χ3n) is 2.37. The molecule has 2 rings (SSSR count).